The number of anilines is 3. The van der Waals surface area contributed by atoms with E-state index in [-0.39, 0.29) is 5.92 Å². The molecule has 0 unspecified atom stereocenters. The molecule has 0 aliphatic rings. The third kappa shape index (κ3) is 6.56. The maximum Gasteiger partial charge on any atom is 0.0366 e. The van der Waals surface area contributed by atoms with Crippen molar-refractivity contribution in [3.63, 3.8) is 0 Å². The molecule has 0 spiro atoms. The zero-order chi connectivity index (χ0) is 24.5. The summed E-state index contributed by atoms with van der Waals surface area (Å²) in [6.07, 6.45) is 4.94. The second-order valence-corrected chi connectivity index (χ2v) is 9.69. The first-order chi connectivity index (χ1) is 16.4. The summed E-state index contributed by atoms with van der Waals surface area (Å²) in [5.41, 5.74) is 7.78. The van der Waals surface area contributed by atoms with Crippen molar-refractivity contribution in [2.75, 3.05) is 56.0 Å². The molecule has 0 amide bonds. The summed E-state index contributed by atoms with van der Waals surface area (Å²) >= 11 is 0. The average Bonchev–Trinajstić information content (AvgIpc) is 2.85. The van der Waals surface area contributed by atoms with Gasteiger partial charge in [0.1, 0.15) is 0 Å². The van der Waals surface area contributed by atoms with Crippen molar-refractivity contribution < 1.29 is 0 Å². The zero-order valence-corrected chi connectivity index (χ0v) is 22.1. The highest BCUT2D eigenvalue weighted by Gasteiger charge is 2.18. The first kappa shape index (κ1) is 25.7. The quantitative estimate of drug-likeness (QED) is 0.262. The molecule has 3 aromatic carbocycles. The van der Waals surface area contributed by atoms with E-state index in [0.29, 0.717) is 0 Å². The Kier molecular flexibility index (Phi) is 9.44. The van der Waals surface area contributed by atoms with Gasteiger partial charge in [0, 0.05) is 64.3 Å². The van der Waals surface area contributed by atoms with Gasteiger partial charge in [-0.2, -0.15) is 0 Å². The molecule has 0 heterocycles. The lowest BCUT2D eigenvalue weighted by molar-refractivity contribution is 0.678. The third-order valence-electron chi connectivity index (χ3n) is 6.64. The highest BCUT2D eigenvalue weighted by molar-refractivity contribution is 5.55. The van der Waals surface area contributed by atoms with Gasteiger partial charge in [-0.3, -0.25) is 0 Å². The number of nitrogens with zero attached hydrogens (tertiary/aromatic N) is 3. The average molecular weight is 458 g/mol. The minimum Gasteiger partial charge on any atom is -0.378 e. The number of unbranched alkanes of at least 4 members (excludes halogenated alkanes) is 2. The molecule has 3 nitrogen and oxygen atoms in total. The van der Waals surface area contributed by atoms with Gasteiger partial charge < -0.3 is 14.7 Å². The maximum atomic E-state index is 2.56. The summed E-state index contributed by atoms with van der Waals surface area (Å²) in [7, 11) is 8.37. The second kappa shape index (κ2) is 12.5. The Labute approximate surface area is 208 Å². The van der Waals surface area contributed by atoms with Crippen LogP contribution in [0.15, 0.2) is 72.8 Å². The monoisotopic (exact) mass is 457 g/mol. The van der Waals surface area contributed by atoms with Crippen molar-refractivity contribution in [1.82, 2.24) is 0 Å². The summed E-state index contributed by atoms with van der Waals surface area (Å²) in [5.74, 6) is 0.209. The van der Waals surface area contributed by atoms with Crippen LogP contribution in [0.3, 0.4) is 0 Å². The molecule has 0 N–H and O–H groups in total. The standard InChI is InChI=1S/C31H43N3/c1-7-9-23-34(24-10-8-2)30-21-15-27(16-22-30)31(25-11-17-28(18-12-25)32(3)4)26-13-19-29(20-14-26)33(5)6/h11-22,31H,7-10,23-24H2,1-6H3. The van der Waals surface area contributed by atoms with Crippen LogP contribution in [0, 0.1) is 0 Å². The van der Waals surface area contributed by atoms with Crippen LogP contribution >= 0.6 is 0 Å². The van der Waals surface area contributed by atoms with Crippen LogP contribution in [0.1, 0.15) is 62.1 Å². The van der Waals surface area contributed by atoms with E-state index in [2.05, 4.69) is 130 Å². The highest BCUT2D eigenvalue weighted by Crippen LogP contribution is 2.34. The fourth-order valence-corrected chi connectivity index (χ4v) is 4.45. The summed E-state index contributed by atoms with van der Waals surface area (Å²) in [5, 5.41) is 0. The summed E-state index contributed by atoms with van der Waals surface area (Å²) in [6, 6.07) is 27.4. The molecule has 0 saturated carbocycles. The van der Waals surface area contributed by atoms with Crippen molar-refractivity contribution in [1.29, 1.82) is 0 Å². The van der Waals surface area contributed by atoms with E-state index < -0.39 is 0 Å². The molecule has 0 bridgehead atoms. The van der Waals surface area contributed by atoms with Gasteiger partial charge in [-0.15, -0.1) is 0 Å². The molecule has 182 valence electrons. The number of rotatable bonds is 12. The smallest absolute Gasteiger partial charge is 0.0366 e. The van der Waals surface area contributed by atoms with E-state index in [9.17, 15) is 0 Å². The molecule has 0 radical (unpaired) electrons. The van der Waals surface area contributed by atoms with Crippen molar-refractivity contribution in [2.24, 2.45) is 0 Å². The molecule has 0 fully saturated rings. The first-order valence-electron chi connectivity index (χ1n) is 12.8. The van der Waals surface area contributed by atoms with Crippen LogP contribution in [-0.4, -0.2) is 41.3 Å². The molecule has 0 saturated heterocycles. The molecular formula is C31H43N3. The largest absolute Gasteiger partial charge is 0.378 e. The van der Waals surface area contributed by atoms with E-state index in [0.717, 1.165) is 13.1 Å². The van der Waals surface area contributed by atoms with Gasteiger partial charge in [-0.05, 0) is 65.9 Å². The minimum absolute atomic E-state index is 0.209. The number of benzene rings is 3. The van der Waals surface area contributed by atoms with E-state index in [4.69, 9.17) is 0 Å². The van der Waals surface area contributed by atoms with Crippen LogP contribution < -0.4 is 14.7 Å². The summed E-state index contributed by atoms with van der Waals surface area (Å²) in [4.78, 5) is 6.87. The molecule has 3 rings (SSSR count). The second-order valence-electron chi connectivity index (χ2n) is 9.69. The van der Waals surface area contributed by atoms with Gasteiger partial charge in [0.25, 0.3) is 0 Å². The lowest BCUT2D eigenvalue weighted by atomic mass is 9.85. The van der Waals surface area contributed by atoms with Crippen LogP contribution in [0.5, 0.6) is 0 Å². The first-order valence-corrected chi connectivity index (χ1v) is 12.8. The van der Waals surface area contributed by atoms with Crippen LogP contribution in [0.2, 0.25) is 0 Å². The normalized spacial score (nSPS) is 11.0. The molecule has 0 atom stereocenters. The van der Waals surface area contributed by atoms with Crippen molar-refractivity contribution in [3.8, 4) is 0 Å². The molecule has 34 heavy (non-hydrogen) atoms. The van der Waals surface area contributed by atoms with E-state index in [1.54, 1.807) is 0 Å². The number of hydrogen-bond donors (Lipinski definition) is 0. The van der Waals surface area contributed by atoms with Crippen molar-refractivity contribution in [3.05, 3.63) is 89.5 Å². The Morgan fingerprint density at radius 2 is 0.824 bits per heavy atom. The highest BCUT2D eigenvalue weighted by atomic mass is 15.1. The van der Waals surface area contributed by atoms with Crippen LogP contribution in [0.4, 0.5) is 17.1 Å². The van der Waals surface area contributed by atoms with Crippen LogP contribution in [-0.2, 0) is 0 Å². The zero-order valence-electron chi connectivity index (χ0n) is 22.1. The Morgan fingerprint density at radius 1 is 0.500 bits per heavy atom. The molecule has 0 aromatic heterocycles. The lowest BCUT2D eigenvalue weighted by Crippen LogP contribution is -2.25. The fraction of sp³-hybridized carbons (Fsp3) is 0.419. The fourth-order valence-electron chi connectivity index (χ4n) is 4.45. The SMILES string of the molecule is CCCCN(CCCC)c1ccc(C(c2ccc(N(C)C)cc2)c2ccc(N(C)C)cc2)cc1. The minimum atomic E-state index is 0.209. The van der Waals surface area contributed by atoms with Gasteiger partial charge >= 0.3 is 0 Å². The molecule has 3 aromatic rings. The lowest BCUT2D eigenvalue weighted by Gasteiger charge is -2.26. The number of hydrogen-bond acceptors (Lipinski definition) is 3. The van der Waals surface area contributed by atoms with Gasteiger partial charge in [0.15, 0.2) is 0 Å². The van der Waals surface area contributed by atoms with E-state index >= 15 is 0 Å². The van der Waals surface area contributed by atoms with Gasteiger partial charge in [0.2, 0.25) is 0 Å². The van der Waals surface area contributed by atoms with Crippen molar-refractivity contribution >= 4 is 17.1 Å². The molecule has 0 aliphatic heterocycles. The van der Waals surface area contributed by atoms with E-state index in [1.165, 1.54) is 59.4 Å². The predicted octanol–water partition coefficient (Wildman–Crippen LogP) is 7.41. The Bertz CT molecular complexity index is 913. The van der Waals surface area contributed by atoms with Gasteiger partial charge in [0.05, 0.1) is 0 Å². The van der Waals surface area contributed by atoms with Crippen LogP contribution in [0.25, 0.3) is 0 Å². The molecule has 0 aliphatic carbocycles. The summed E-state index contributed by atoms with van der Waals surface area (Å²) in [6.45, 7) is 6.82. The van der Waals surface area contributed by atoms with E-state index in [1.807, 2.05) is 0 Å². The molecular weight excluding hydrogens is 414 g/mol. The summed E-state index contributed by atoms with van der Waals surface area (Å²) < 4.78 is 0. The third-order valence-corrected chi connectivity index (χ3v) is 6.64. The molecule has 3 heteroatoms. The Hall–Kier alpha value is -2.94. The Morgan fingerprint density at radius 3 is 1.12 bits per heavy atom. The van der Waals surface area contributed by atoms with Gasteiger partial charge in [-0.1, -0.05) is 63.1 Å². The van der Waals surface area contributed by atoms with Crippen molar-refractivity contribution in [2.45, 2.75) is 45.4 Å². The topological polar surface area (TPSA) is 9.72 Å². The maximum absolute atomic E-state index is 2.56. The Balaban J connectivity index is 1.96. The predicted molar refractivity (Wildman–Crippen MR) is 151 cm³/mol. The van der Waals surface area contributed by atoms with Gasteiger partial charge in [-0.25, -0.2) is 0 Å².